The molecule has 0 aliphatic heterocycles. The molecule has 4 rings (SSSR count). The predicted molar refractivity (Wildman–Crippen MR) is 118 cm³/mol. The molecule has 0 saturated carbocycles. The molecular weight excluding hydrogens is 429 g/mol. The molecule has 5 nitrogen and oxygen atoms in total. The summed E-state index contributed by atoms with van der Waals surface area (Å²) in [5.41, 5.74) is 2.55. The largest absolute Gasteiger partial charge is 0.416 e. The number of hydrogen-bond acceptors (Lipinski definition) is 3. The maximum absolute atomic E-state index is 13.0. The standard InChI is InChI=1S/C25H19F3N4O/c26-25(27,28)21-9-1-5-17(13-21)15-32-16-20-8-3-10-22(23(20)31-32)18-6-2-7-19(14-18)24(33)30-12-4-11-29/h1-3,5-10,13-14,16H,4,12,15H2,(H,30,33). The molecular formula is C25H19F3N4O. The number of nitrogens with one attached hydrogen (secondary N) is 1. The number of rotatable bonds is 6. The van der Waals surface area contributed by atoms with Gasteiger partial charge in [-0.1, -0.05) is 42.5 Å². The van der Waals surface area contributed by atoms with Crippen LogP contribution in [0.4, 0.5) is 13.2 Å². The normalized spacial score (nSPS) is 11.3. The van der Waals surface area contributed by atoms with Crippen LogP contribution in [0.2, 0.25) is 0 Å². The van der Waals surface area contributed by atoms with E-state index in [1.165, 1.54) is 6.07 Å². The fourth-order valence-corrected chi connectivity index (χ4v) is 3.60. The number of carbonyl (C=O) groups is 1. The molecule has 0 saturated heterocycles. The molecule has 1 aromatic heterocycles. The second-order valence-electron chi connectivity index (χ2n) is 7.51. The lowest BCUT2D eigenvalue weighted by Gasteiger charge is -2.09. The van der Waals surface area contributed by atoms with E-state index in [-0.39, 0.29) is 25.4 Å². The van der Waals surface area contributed by atoms with E-state index >= 15 is 0 Å². The fraction of sp³-hybridized carbons (Fsp3) is 0.160. The summed E-state index contributed by atoms with van der Waals surface area (Å²) in [6, 6.07) is 19.9. The van der Waals surface area contributed by atoms with Gasteiger partial charge < -0.3 is 5.32 Å². The topological polar surface area (TPSA) is 70.7 Å². The summed E-state index contributed by atoms with van der Waals surface area (Å²) in [6.07, 6.45) is -2.38. The maximum Gasteiger partial charge on any atom is 0.416 e. The van der Waals surface area contributed by atoms with E-state index in [1.54, 1.807) is 35.1 Å². The van der Waals surface area contributed by atoms with Crippen LogP contribution in [0.5, 0.6) is 0 Å². The molecule has 1 N–H and O–H groups in total. The van der Waals surface area contributed by atoms with Gasteiger partial charge in [-0.3, -0.25) is 9.48 Å². The second kappa shape index (κ2) is 9.17. The summed E-state index contributed by atoms with van der Waals surface area (Å²) in [5.74, 6) is -0.269. The van der Waals surface area contributed by atoms with Gasteiger partial charge in [0, 0.05) is 29.3 Å². The first-order valence-corrected chi connectivity index (χ1v) is 10.2. The van der Waals surface area contributed by atoms with Gasteiger partial charge in [0.2, 0.25) is 0 Å². The smallest absolute Gasteiger partial charge is 0.351 e. The van der Waals surface area contributed by atoms with Crippen LogP contribution in [-0.4, -0.2) is 22.2 Å². The van der Waals surface area contributed by atoms with Gasteiger partial charge >= 0.3 is 6.18 Å². The minimum Gasteiger partial charge on any atom is -0.351 e. The van der Waals surface area contributed by atoms with Gasteiger partial charge in [0.15, 0.2) is 0 Å². The van der Waals surface area contributed by atoms with E-state index in [9.17, 15) is 18.0 Å². The molecule has 3 aromatic carbocycles. The quantitative estimate of drug-likeness (QED) is 0.401. The Bertz CT molecular complexity index is 1350. The summed E-state index contributed by atoms with van der Waals surface area (Å²) in [7, 11) is 0. The molecule has 0 unspecified atom stereocenters. The van der Waals surface area contributed by atoms with Gasteiger partial charge in [-0.05, 0) is 35.4 Å². The van der Waals surface area contributed by atoms with E-state index in [2.05, 4.69) is 10.4 Å². The summed E-state index contributed by atoms with van der Waals surface area (Å²) in [4.78, 5) is 12.4. The maximum atomic E-state index is 13.0. The molecule has 0 bridgehead atoms. The van der Waals surface area contributed by atoms with Crippen molar-refractivity contribution in [3.05, 3.63) is 89.6 Å². The molecule has 33 heavy (non-hydrogen) atoms. The van der Waals surface area contributed by atoms with E-state index in [1.807, 2.05) is 30.3 Å². The Hall–Kier alpha value is -4.12. The minimum atomic E-state index is -4.40. The van der Waals surface area contributed by atoms with Gasteiger partial charge in [0.05, 0.1) is 24.6 Å². The molecule has 166 valence electrons. The van der Waals surface area contributed by atoms with Gasteiger partial charge in [0.25, 0.3) is 5.91 Å². The van der Waals surface area contributed by atoms with Crippen molar-refractivity contribution in [3.63, 3.8) is 0 Å². The number of carbonyl (C=O) groups excluding carboxylic acids is 1. The molecule has 0 spiro atoms. The fourth-order valence-electron chi connectivity index (χ4n) is 3.60. The summed E-state index contributed by atoms with van der Waals surface area (Å²) < 4.78 is 40.7. The van der Waals surface area contributed by atoms with Crippen molar-refractivity contribution in [2.75, 3.05) is 6.54 Å². The number of amides is 1. The summed E-state index contributed by atoms with van der Waals surface area (Å²) in [5, 5.41) is 16.8. The number of benzene rings is 3. The average molecular weight is 448 g/mol. The number of alkyl halides is 3. The third-order valence-electron chi connectivity index (χ3n) is 5.14. The van der Waals surface area contributed by atoms with E-state index in [0.717, 1.165) is 28.6 Å². The zero-order valence-electron chi connectivity index (χ0n) is 17.4. The Balaban J connectivity index is 1.63. The molecule has 1 amide bonds. The first-order valence-electron chi connectivity index (χ1n) is 10.2. The van der Waals surface area contributed by atoms with Gasteiger partial charge in [-0.15, -0.1) is 0 Å². The highest BCUT2D eigenvalue weighted by atomic mass is 19.4. The van der Waals surface area contributed by atoms with Crippen LogP contribution < -0.4 is 5.32 Å². The second-order valence-corrected chi connectivity index (χ2v) is 7.51. The summed E-state index contributed by atoms with van der Waals surface area (Å²) >= 11 is 0. The molecule has 4 aromatic rings. The molecule has 8 heteroatoms. The first-order chi connectivity index (χ1) is 15.8. The predicted octanol–water partition coefficient (Wildman–Crippen LogP) is 5.41. The number of hydrogen-bond donors (Lipinski definition) is 1. The Morgan fingerprint density at radius 1 is 1.06 bits per heavy atom. The molecule has 0 aliphatic rings. The third-order valence-corrected chi connectivity index (χ3v) is 5.14. The Labute approximate surface area is 188 Å². The highest BCUT2D eigenvalue weighted by Crippen LogP contribution is 2.31. The zero-order chi connectivity index (χ0) is 23.4. The van der Waals surface area contributed by atoms with Gasteiger partial charge in [-0.25, -0.2) is 0 Å². The van der Waals surface area contributed by atoms with Crippen molar-refractivity contribution in [2.45, 2.75) is 19.1 Å². The SMILES string of the molecule is N#CCCNC(=O)c1cccc(-c2cccc3cn(Cc4cccc(C(F)(F)F)c4)nc23)c1. The number of halogens is 3. The summed E-state index contributed by atoms with van der Waals surface area (Å²) in [6.45, 7) is 0.467. The first kappa shape index (κ1) is 22.1. The number of aromatic nitrogens is 2. The monoisotopic (exact) mass is 448 g/mol. The minimum absolute atomic E-state index is 0.194. The average Bonchev–Trinajstić information content (AvgIpc) is 3.21. The highest BCUT2D eigenvalue weighted by molar-refractivity contribution is 5.98. The lowest BCUT2D eigenvalue weighted by Crippen LogP contribution is -2.24. The van der Waals surface area contributed by atoms with Crippen molar-refractivity contribution < 1.29 is 18.0 Å². The van der Waals surface area contributed by atoms with Crippen molar-refractivity contribution in [1.82, 2.24) is 15.1 Å². The zero-order valence-corrected chi connectivity index (χ0v) is 17.4. The molecule has 0 atom stereocenters. The highest BCUT2D eigenvalue weighted by Gasteiger charge is 2.30. The molecule has 0 radical (unpaired) electrons. The van der Waals surface area contributed by atoms with Crippen molar-refractivity contribution >= 4 is 16.8 Å². The Morgan fingerprint density at radius 3 is 2.64 bits per heavy atom. The lowest BCUT2D eigenvalue weighted by molar-refractivity contribution is -0.137. The number of nitrogens with zero attached hydrogens (tertiary/aromatic N) is 3. The Morgan fingerprint density at radius 2 is 1.85 bits per heavy atom. The van der Waals surface area contributed by atoms with E-state index in [0.29, 0.717) is 16.6 Å². The van der Waals surface area contributed by atoms with Crippen LogP contribution >= 0.6 is 0 Å². The lowest BCUT2D eigenvalue weighted by atomic mass is 10.0. The van der Waals surface area contributed by atoms with E-state index in [4.69, 9.17) is 5.26 Å². The molecule has 0 aliphatic carbocycles. The van der Waals surface area contributed by atoms with Crippen LogP contribution in [0, 0.1) is 11.3 Å². The van der Waals surface area contributed by atoms with Crippen LogP contribution in [0.25, 0.3) is 22.0 Å². The number of nitriles is 1. The van der Waals surface area contributed by atoms with Crippen LogP contribution in [0.3, 0.4) is 0 Å². The van der Waals surface area contributed by atoms with Crippen LogP contribution in [0.1, 0.15) is 27.9 Å². The van der Waals surface area contributed by atoms with Crippen molar-refractivity contribution in [2.24, 2.45) is 0 Å². The third kappa shape index (κ3) is 5.04. The van der Waals surface area contributed by atoms with Crippen LogP contribution in [0.15, 0.2) is 72.9 Å². The van der Waals surface area contributed by atoms with Gasteiger partial charge in [-0.2, -0.15) is 23.5 Å². The Kier molecular flexibility index (Phi) is 6.13. The van der Waals surface area contributed by atoms with Crippen molar-refractivity contribution in [3.8, 4) is 17.2 Å². The van der Waals surface area contributed by atoms with Gasteiger partial charge in [0.1, 0.15) is 5.52 Å². The van der Waals surface area contributed by atoms with E-state index < -0.39 is 11.7 Å². The molecule has 0 fully saturated rings. The van der Waals surface area contributed by atoms with Crippen molar-refractivity contribution in [1.29, 1.82) is 5.26 Å². The number of fused-ring (bicyclic) bond motifs is 1. The van der Waals surface area contributed by atoms with Crippen LogP contribution in [-0.2, 0) is 12.7 Å². The molecule has 1 heterocycles.